The highest BCUT2D eigenvalue weighted by atomic mass is 32.2. The maximum atomic E-state index is 10.8. The van der Waals surface area contributed by atoms with E-state index in [0.717, 1.165) is 0 Å². The molecule has 1 N–H and O–H groups in total. The van der Waals surface area contributed by atoms with E-state index in [-0.39, 0.29) is 6.61 Å². The maximum Gasteiger partial charge on any atom is 0.139 e. The lowest BCUT2D eigenvalue weighted by atomic mass is 9.87. The van der Waals surface area contributed by atoms with Crippen LogP contribution in [0.1, 0.15) is 11.1 Å². The second-order valence-electron chi connectivity index (χ2n) is 4.06. The van der Waals surface area contributed by atoms with Crippen LogP contribution in [0.15, 0.2) is 60.7 Å². The highest BCUT2D eigenvalue weighted by molar-refractivity contribution is 7.74. The van der Waals surface area contributed by atoms with Gasteiger partial charge in [-0.25, -0.2) is 4.21 Å². The minimum absolute atomic E-state index is 0.364. The van der Waals surface area contributed by atoms with Crippen molar-refractivity contribution >= 4 is 11.4 Å². The van der Waals surface area contributed by atoms with E-state index in [1.165, 1.54) is 0 Å². The molecule has 0 aliphatic rings. The number of hydrogen-bond donors (Lipinski definition) is 1. The summed E-state index contributed by atoms with van der Waals surface area (Å²) in [5.74, 6) is 0. The van der Waals surface area contributed by atoms with Gasteiger partial charge in [-0.1, -0.05) is 60.7 Å². The molecular weight excluding hydrogens is 264 g/mol. The van der Waals surface area contributed by atoms with E-state index in [2.05, 4.69) is 4.18 Å². The quantitative estimate of drug-likeness (QED) is 0.845. The Balaban J connectivity index is 2.41. The predicted octanol–water partition coefficient (Wildman–Crippen LogP) is 1.73. The summed E-state index contributed by atoms with van der Waals surface area (Å²) in [4.78, 5) is 0. The van der Waals surface area contributed by atoms with Gasteiger partial charge in [-0.2, -0.15) is 0 Å². The van der Waals surface area contributed by atoms with Gasteiger partial charge in [0, 0.05) is 0 Å². The Hall–Kier alpha value is -1.53. The summed E-state index contributed by atoms with van der Waals surface area (Å²) < 4.78 is 25.7. The van der Waals surface area contributed by atoms with Gasteiger partial charge >= 0.3 is 0 Å². The van der Waals surface area contributed by atoms with Gasteiger partial charge in [0.2, 0.25) is 0 Å². The molecule has 2 aromatic rings. The van der Waals surface area contributed by atoms with Crippen LogP contribution in [0.2, 0.25) is 0 Å². The molecule has 100 valence electrons. The third-order valence-electron chi connectivity index (χ3n) is 2.87. The molecule has 0 radical (unpaired) electrons. The molecular formula is C14H13O4S-. The summed E-state index contributed by atoms with van der Waals surface area (Å²) >= 11 is -2.67. The van der Waals surface area contributed by atoms with Gasteiger partial charge < -0.3 is 9.66 Å². The molecule has 0 saturated carbocycles. The van der Waals surface area contributed by atoms with Crippen molar-refractivity contribution in [3.8, 4) is 0 Å². The van der Waals surface area contributed by atoms with Gasteiger partial charge in [0.1, 0.15) is 12.2 Å². The van der Waals surface area contributed by atoms with Crippen molar-refractivity contribution in [1.29, 1.82) is 0 Å². The lowest BCUT2D eigenvalue weighted by molar-refractivity contribution is 0.0289. The van der Waals surface area contributed by atoms with Gasteiger partial charge in [0.15, 0.2) is 0 Å². The molecule has 4 nitrogen and oxygen atoms in total. The second-order valence-corrected chi connectivity index (χ2v) is 4.70. The van der Waals surface area contributed by atoms with Crippen LogP contribution in [-0.2, 0) is 21.1 Å². The molecule has 1 unspecified atom stereocenters. The van der Waals surface area contributed by atoms with Crippen LogP contribution in [-0.4, -0.2) is 20.5 Å². The SMILES string of the molecule is O=S([O-])OCC(O)(c1ccccc1)c1ccccc1. The van der Waals surface area contributed by atoms with E-state index in [4.69, 9.17) is 0 Å². The first-order valence-electron chi connectivity index (χ1n) is 5.69. The van der Waals surface area contributed by atoms with Crippen molar-refractivity contribution in [1.82, 2.24) is 0 Å². The van der Waals surface area contributed by atoms with Crippen LogP contribution < -0.4 is 0 Å². The molecule has 0 aliphatic heterocycles. The Bertz CT molecular complexity index is 502. The zero-order chi connectivity index (χ0) is 13.7. The normalized spacial score (nSPS) is 13.2. The Labute approximate surface area is 114 Å². The lowest BCUT2D eigenvalue weighted by Crippen LogP contribution is -2.33. The van der Waals surface area contributed by atoms with E-state index in [0.29, 0.717) is 11.1 Å². The van der Waals surface area contributed by atoms with Crippen LogP contribution in [0.5, 0.6) is 0 Å². The van der Waals surface area contributed by atoms with Crippen LogP contribution in [0, 0.1) is 0 Å². The fourth-order valence-corrected chi connectivity index (χ4v) is 2.16. The number of benzene rings is 2. The Morgan fingerprint density at radius 3 is 1.79 bits per heavy atom. The largest absolute Gasteiger partial charge is 0.750 e. The van der Waals surface area contributed by atoms with Crippen molar-refractivity contribution in [2.45, 2.75) is 5.60 Å². The molecule has 0 fully saturated rings. The molecule has 0 aromatic heterocycles. The van der Waals surface area contributed by atoms with Crippen molar-refractivity contribution in [3.05, 3.63) is 71.8 Å². The van der Waals surface area contributed by atoms with Gasteiger partial charge in [0.05, 0.1) is 11.4 Å². The monoisotopic (exact) mass is 277 g/mol. The third-order valence-corrected chi connectivity index (χ3v) is 3.18. The minimum atomic E-state index is -2.67. The van der Waals surface area contributed by atoms with Crippen LogP contribution in [0.3, 0.4) is 0 Å². The first-order chi connectivity index (χ1) is 9.13. The number of hydrogen-bond acceptors (Lipinski definition) is 4. The van der Waals surface area contributed by atoms with Gasteiger partial charge in [-0.15, -0.1) is 0 Å². The molecule has 0 aliphatic carbocycles. The third kappa shape index (κ3) is 3.27. The lowest BCUT2D eigenvalue weighted by Gasteiger charge is -2.29. The van der Waals surface area contributed by atoms with Gasteiger partial charge in [0.25, 0.3) is 0 Å². The zero-order valence-electron chi connectivity index (χ0n) is 10.1. The van der Waals surface area contributed by atoms with Crippen LogP contribution >= 0.6 is 0 Å². The van der Waals surface area contributed by atoms with E-state index < -0.39 is 17.0 Å². The predicted molar refractivity (Wildman–Crippen MR) is 70.8 cm³/mol. The van der Waals surface area contributed by atoms with Crippen molar-refractivity contribution < 1.29 is 18.1 Å². The fourth-order valence-electron chi connectivity index (χ4n) is 1.89. The molecule has 0 bridgehead atoms. The molecule has 2 rings (SSSR count). The Kier molecular flexibility index (Phi) is 4.44. The highest BCUT2D eigenvalue weighted by Gasteiger charge is 2.32. The summed E-state index contributed by atoms with van der Waals surface area (Å²) in [5, 5.41) is 10.8. The van der Waals surface area contributed by atoms with Crippen LogP contribution in [0.25, 0.3) is 0 Å². The highest BCUT2D eigenvalue weighted by Crippen LogP contribution is 2.29. The molecule has 2 aromatic carbocycles. The topological polar surface area (TPSA) is 69.6 Å². The average molecular weight is 277 g/mol. The van der Waals surface area contributed by atoms with Gasteiger partial charge in [-0.3, -0.25) is 4.18 Å². The fraction of sp³-hybridized carbons (Fsp3) is 0.143. The molecule has 0 spiro atoms. The summed E-state index contributed by atoms with van der Waals surface area (Å²) in [6.07, 6.45) is 0. The molecule has 0 amide bonds. The van der Waals surface area contributed by atoms with Crippen molar-refractivity contribution in [2.24, 2.45) is 0 Å². The summed E-state index contributed by atoms with van der Waals surface area (Å²) in [6.45, 7) is -0.364. The standard InChI is InChI=1S/C14H14O4S/c15-14(11-18-19(16)17,12-7-3-1-4-8-12)13-9-5-2-6-10-13/h1-10,15H,11H2,(H,16,17)/p-1. The molecule has 0 saturated heterocycles. The summed E-state index contributed by atoms with van der Waals surface area (Å²) in [6, 6.07) is 17.6. The number of rotatable bonds is 5. The molecule has 0 heterocycles. The van der Waals surface area contributed by atoms with Gasteiger partial charge in [-0.05, 0) is 11.1 Å². The Morgan fingerprint density at radius 2 is 1.42 bits per heavy atom. The van der Waals surface area contributed by atoms with E-state index >= 15 is 0 Å². The van der Waals surface area contributed by atoms with Crippen molar-refractivity contribution in [3.63, 3.8) is 0 Å². The maximum absolute atomic E-state index is 10.8. The average Bonchev–Trinajstić information content (AvgIpc) is 2.46. The first-order valence-corrected chi connectivity index (χ1v) is 6.69. The smallest absolute Gasteiger partial charge is 0.139 e. The molecule has 5 heteroatoms. The summed E-state index contributed by atoms with van der Waals surface area (Å²) in [7, 11) is 0. The Morgan fingerprint density at radius 1 is 1.00 bits per heavy atom. The molecule has 1 atom stereocenters. The number of aliphatic hydroxyl groups is 1. The van der Waals surface area contributed by atoms with E-state index in [9.17, 15) is 13.9 Å². The van der Waals surface area contributed by atoms with Crippen molar-refractivity contribution in [2.75, 3.05) is 6.61 Å². The minimum Gasteiger partial charge on any atom is -0.750 e. The van der Waals surface area contributed by atoms with E-state index in [1.54, 1.807) is 48.5 Å². The summed E-state index contributed by atoms with van der Waals surface area (Å²) in [5.41, 5.74) is -0.346. The van der Waals surface area contributed by atoms with E-state index in [1.807, 2.05) is 12.1 Å². The molecule has 19 heavy (non-hydrogen) atoms. The zero-order valence-corrected chi connectivity index (χ0v) is 10.9. The first kappa shape index (κ1) is 13.9. The van der Waals surface area contributed by atoms with Crippen LogP contribution in [0.4, 0.5) is 0 Å². The second kappa shape index (κ2) is 6.08.